The molecular formula is C23H16Cl2N4O3. The molecule has 4 atom stereocenters. The molecule has 2 saturated heterocycles. The van der Waals surface area contributed by atoms with Crippen molar-refractivity contribution in [3.8, 4) is 24.0 Å². The Kier molecular flexibility index (Phi) is 5.07. The Labute approximate surface area is 194 Å². The van der Waals surface area contributed by atoms with Gasteiger partial charge in [-0.3, -0.25) is 5.41 Å². The highest BCUT2D eigenvalue weighted by molar-refractivity contribution is 6.35. The number of halogens is 2. The first-order valence-corrected chi connectivity index (χ1v) is 10.3. The minimum absolute atomic E-state index is 0.163. The fourth-order valence-electron chi connectivity index (χ4n) is 4.68. The van der Waals surface area contributed by atoms with E-state index in [1.54, 1.807) is 43.3 Å². The van der Waals surface area contributed by atoms with E-state index in [-0.39, 0.29) is 5.02 Å². The molecule has 2 heterocycles. The summed E-state index contributed by atoms with van der Waals surface area (Å²) < 4.78 is 17.6. The third-order valence-corrected chi connectivity index (χ3v) is 6.97. The van der Waals surface area contributed by atoms with Gasteiger partial charge in [0, 0.05) is 21.2 Å². The summed E-state index contributed by atoms with van der Waals surface area (Å²) in [5, 5.41) is 40.0. The van der Waals surface area contributed by atoms with E-state index < -0.39 is 34.5 Å². The Balaban J connectivity index is 2.03. The minimum atomic E-state index is -2.11. The van der Waals surface area contributed by atoms with Gasteiger partial charge in [0.05, 0.1) is 31.2 Å². The average Bonchev–Trinajstić information content (AvgIpc) is 2.96. The summed E-state index contributed by atoms with van der Waals surface area (Å²) in [6.07, 6.45) is -1.30. The molecular weight excluding hydrogens is 451 g/mol. The zero-order valence-electron chi connectivity index (χ0n) is 17.0. The normalized spacial score (nSPS) is 29.8. The summed E-state index contributed by atoms with van der Waals surface area (Å²) in [5.41, 5.74) is -3.22. The highest BCUT2D eigenvalue weighted by atomic mass is 35.5. The largest absolute Gasteiger partial charge is 0.497 e. The first-order valence-electron chi connectivity index (χ1n) is 9.55. The number of rotatable bonds is 3. The summed E-state index contributed by atoms with van der Waals surface area (Å²) in [6, 6.07) is 17.4. The molecule has 2 aromatic carbocycles. The summed E-state index contributed by atoms with van der Waals surface area (Å²) in [6.45, 7) is 1.64. The summed E-state index contributed by atoms with van der Waals surface area (Å²) in [5.74, 6) is -2.39. The summed E-state index contributed by atoms with van der Waals surface area (Å²) >= 11 is 12.5. The molecule has 2 aliphatic heterocycles. The van der Waals surface area contributed by atoms with Crippen LogP contribution in [0.5, 0.6) is 5.75 Å². The Morgan fingerprint density at radius 2 is 1.69 bits per heavy atom. The molecule has 1 N–H and O–H groups in total. The van der Waals surface area contributed by atoms with Crippen molar-refractivity contribution in [2.24, 2.45) is 16.7 Å². The predicted octanol–water partition coefficient (Wildman–Crippen LogP) is 5.11. The molecule has 9 heteroatoms. The number of hydrogen-bond donors (Lipinski definition) is 1. The number of nitrogens with one attached hydrogen (secondary N) is 1. The van der Waals surface area contributed by atoms with Gasteiger partial charge in [0.1, 0.15) is 11.9 Å². The maximum atomic E-state index is 10.3. The molecule has 0 aliphatic carbocycles. The van der Waals surface area contributed by atoms with Crippen LogP contribution in [0.2, 0.25) is 10.0 Å². The van der Waals surface area contributed by atoms with Crippen LogP contribution in [0.1, 0.15) is 24.2 Å². The van der Waals surface area contributed by atoms with Crippen molar-refractivity contribution in [2.45, 2.75) is 18.8 Å². The number of hydrogen-bond acceptors (Lipinski definition) is 7. The summed E-state index contributed by atoms with van der Waals surface area (Å²) in [4.78, 5) is 0. The Hall–Kier alpha value is -3.28. The van der Waals surface area contributed by atoms with E-state index in [0.29, 0.717) is 21.9 Å². The second kappa shape index (κ2) is 7.40. The van der Waals surface area contributed by atoms with Crippen LogP contribution >= 0.6 is 23.2 Å². The molecule has 160 valence electrons. The van der Waals surface area contributed by atoms with Gasteiger partial charge in [-0.05, 0) is 36.4 Å². The molecule has 2 aliphatic rings. The van der Waals surface area contributed by atoms with Gasteiger partial charge in [-0.1, -0.05) is 36.2 Å². The zero-order chi connectivity index (χ0) is 23.3. The van der Waals surface area contributed by atoms with E-state index in [1.807, 2.05) is 12.1 Å². The third-order valence-electron chi connectivity index (χ3n) is 6.41. The van der Waals surface area contributed by atoms with E-state index in [1.165, 1.54) is 13.2 Å². The summed E-state index contributed by atoms with van der Waals surface area (Å²) in [7, 11) is 1.53. The van der Waals surface area contributed by atoms with E-state index in [4.69, 9.17) is 42.8 Å². The molecule has 0 amide bonds. The lowest BCUT2D eigenvalue weighted by atomic mass is 9.53. The number of nitrogens with zero attached hydrogens (tertiary/aromatic N) is 3. The molecule has 7 nitrogen and oxygen atoms in total. The van der Waals surface area contributed by atoms with Gasteiger partial charge in [-0.2, -0.15) is 15.8 Å². The first kappa shape index (κ1) is 21.9. The van der Waals surface area contributed by atoms with Crippen LogP contribution in [-0.2, 0) is 15.3 Å². The Morgan fingerprint density at radius 3 is 2.22 bits per heavy atom. The molecule has 32 heavy (non-hydrogen) atoms. The van der Waals surface area contributed by atoms with Gasteiger partial charge in [0.25, 0.3) is 0 Å². The monoisotopic (exact) mass is 466 g/mol. The predicted molar refractivity (Wildman–Crippen MR) is 115 cm³/mol. The standard InChI is InChI=1S/C23H16Cl2N4O3/c1-13-22(12-28)20(29)32-23(13,14-3-6-16(30-2)7-4-14)31-19(21(22,10-26)11-27)17-8-5-15(24)9-18(17)25/h3-9,13,19,29H,1-2H3. The van der Waals surface area contributed by atoms with Gasteiger partial charge in [0.15, 0.2) is 5.41 Å². The molecule has 2 aromatic rings. The van der Waals surface area contributed by atoms with Gasteiger partial charge in [-0.25, -0.2) is 0 Å². The van der Waals surface area contributed by atoms with Crippen LogP contribution < -0.4 is 4.74 Å². The van der Waals surface area contributed by atoms with Crippen molar-refractivity contribution in [3.05, 3.63) is 63.6 Å². The second-order valence-corrected chi connectivity index (χ2v) is 8.51. The van der Waals surface area contributed by atoms with E-state index in [9.17, 15) is 15.8 Å². The number of methoxy groups -OCH3 is 1. The van der Waals surface area contributed by atoms with Crippen LogP contribution in [0.15, 0.2) is 42.5 Å². The number of fused-ring (bicyclic) bond motifs is 2. The lowest BCUT2D eigenvalue weighted by molar-refractivity contribution is -0.288. The highest BCUT2D eigenvalue weighted by Crippen LogP contribution is 2.69. The van der Waals surface area contributed by atoms with Crippen molar-refractivity contribution in [1.29, 1.82) is 21.2 Å². The van der Waals surface area contributed by atoms with Gasteiger partial charge >= 0.3 is 0 Å². The maximum absolute atomic E-state index is 10.3. The Bertz CT molecular complexity index is 1230. The van der Waals surface area contributed by atoms with Crippen molar-refractivity contribution in [2.75, 3.05) is 7.11 Å². The topological polar surface area (TPSA) is 123 Å². The van der Waals surface area contributed by atoms with Crippen LogP contribution in [0.25, 0.3) is 0 Å². The molecule has 4 rings (SSSR count). The van der Waals surface area contributed by atoms with Gasteiger partial charge in [0.2, 0.25) is 17.1 Å². The fourth-order valence-corrected chi connectivity index (χ4v) is 5.19. The molecule has 0 spiro atoms. The molecule has 4 unspecified atom stereocenters. The van der Waals surface area contributed by atoms with Crippen molar-refractivity contribution in [1.82, 2.24) is 0 Å². The van der Waals surface area contributed by atoms with Crippen LogP contribution in [0, 0.1) is 56.2 Å². The zero-order valence-corrected chi connectivity index (χ0v) is 18.5. The smallest absolute Gasteiger partial charge is 0.244 e. The van der Waals surface area contributed by atoms with E-state index >= 15 is 0 Å². The third kappa shape index (κ3) is 2.52. The maximum Gasteiger partial charge on any atom is 0.244 e. The lowest BCUT2D eigenvalue weighted by Crippen LogP contribution is -2.57. The van der Waals surface area contributed by atoms with Crippen LogP contribution in [0.3, 0.4) is 0 Å². The van der Waals surface area contributed by atoms with E-state index in [0.717, 1.165) is 0 Å². The van der Waals surface area contributed by atoms with Gasteiger partial charge < -0.3 is 14.2 Å². The number of ether oxygens (including phenoxy) is 3. The minimum Gasteiger partial charge on any atom is -0.497 e. The Morgan fingerprint density at radius 1 is 1.03 bits per heavy atom. The SMILES string of the molecule is COc1ccc(C23OC(=N)C(C#N)(C2C)C(C#N)(C#N)C(c2ccc(Cl)cc2Cl)O3)cc1. The van der Waals surface area contributed by atoms with Crippen molar-refractivity contribution < 1.29 is 14.2 Å². The highest BCUT2D eigenvalue weighted by Gasteiger charge is 2.79. The van der Waals surface area contributed by atoms with Crippen LogP contribution in [0.4, 0.5) is 0 Å². The quantitative estimate of drug-likeness (QED) is 0.669. The molecule has 2 fully saturated rings. The van der Waals surface area contributed by atoms with Gasteiger partial charge in [-0.15, -0.1) is 0 Å². The van der Waals surface area contributed by atoms with Crippen LogP contribution in [-0.4, -0.2) is 13.0 Å². The van der Waals surface area contributed by atoms with Crippen molar-refractivity contribution >= 4 is 29.1 Å². The average molecular weight is 467 g/mol. The molecule has 2 bridgehead atoms. The number of nitriles is 3. The lowest BCUT2D eigenvalue weighted by Gasteiger charge is -2.49. The molecule has 0 saturated carbocycles. The van der Waals surface area contributed by atoms with Crippen molar-refractivity contribution in [3.63, 3.8) is 0 Å². The van der Waals surface area contributed by atoms with E-state index in [2.05, 4.69) is 6.07 Å². The number of benzene rings is 2. The fraction of sp³-hybridized carbons (Fsp3) is 0.304. The second-order valence-electron chi connectivity index (χ2n) is 7.66. The first-order chi connectivity index (χ1) is 15.3. The molecule has 0 radical (unpaired) electrons. The molecule has 0 aromatic heterocycles.